The van der Waals surface area contributed by atoms with Crippen LogP contribution >= 0.6 is 0 Å². The van der Waals surface area contributed by atoms with Crippen LogP contribution < -0.4 is 11.1 Å². The second kappa shape index (κ2) is 4.44. The highest BCUT2D eigenvalue weighted by Crippen LogP contribution is 2.22. The van der Waals surface area contributed by atoms with E-state index in [-0.39, 0.29) is 11.3 Å². The Bertz CT molecular complexity index is 339. The average Bonchev–Trinajstić information content (AvgIpc) is 2.62. The summed E-state index contributed by atoms with van der Waals surface area (Å²) in [5.41, 5.74) is 5.43. The Morgan fingerprint density at radius 1 is 1.60 bits per heavy atom. The molecule has 1 heterocycles. The van der Waals surface area contributed by atoms with Crippen LogP contribution in [-0.4, -0.2) is 24.2 Å². The lowest BCUT2D eigenvalue weighted by Gasteiger charge is -2.12. The van der Waals surface area contributed by atoms with E-state index in [0.29, 0.717) is 24.5 Å². The van der Waals surface area contributed by atoms with Crippen molar-refractivity contribution >= 4 is 5.91 Å². The summed E-state index contributed by atoms with van der Waals surface area (Å²) in [4.78, 5) is 11.5. The molecule has 0 saturated carbocycles. The molecular formula is C10H17N3O2. The van der Waals surface area contributed by atoms with E-state index in [1.54, 1.807) is 6.07 Å². The fourth-order valence-corrected chi connectivity index (χ4v) is 1.01. The fourth-order valence-electron chi connectivity index (χ4n) is 1.01. The van der Waals surface area contributed by atoms with E-state index < -0.39 is 0 Å². The van der Waals surface area contributed by atoms with Crippen molar-refractivity contribution in [2.45, 2.75) is 26.2 Å². The molecule has 0 unspecified atom stereocenters. The van der Waals surface area contributed by atoms with E-state index in [1.807, 2.05) is 20.8 Å². The van der Waals surface area contributed by atoms with Crippen LogP contribution in [0.5, 0.6) is 0 Å². The van der Waals surface area contributed by atoms with Gasteiger partial charge in [0.1, 0.15) is 5.76 Å². The van der Waals surface area contributed by atoms with Crippen LogP contribution in [0.4, 0.5) is 0 Å². The second-order valence-electron chi connectivity index (χ2n) is 4.37. The predicted octanol–water partition coefficient (Wildman–Crippen LogP) is 0.661. The molecule has 0 aliphatic carbocycles. The first-order valence-corrected chi connectivity index (χ1v) is 4.90. The molecule has 5 nitrogen and oxygen atoms in total. The van der Waals surface area contributed by atoms with E-state index >= 15 is 0 Å². The predicted molar refractivity (Wildman–Crippen MR) is 56.6 cm³/mol. The van der Waals surface area contributed by atoms with E-state index in [1.165, 1.54) is 0 Å². The number of nitrogens with two attached hydrogens (primary N) is 1. The van der Waals surface area contributed by atoms with Crippen LogP contribution in [-0.2, 0) is 5.41 Å². The number of aromatic nitrogens is 1. The van der Waals surface area contributed by atoms with Crippen LogP contribution in [0.15, 0.2) is 10.6 Å². The topological polar surface area (TPSA) is 81.2 Å². The normalized spacial score (nSPS) is 11.5. The maximum Gasteiger partial charge on any atom is 0.273 e. The van der Waals surface area contributed by atoms with Crippen LogP contribution in [0.2, 0.25) is 0 Å². The van der Waals surface area contributed by atoms with Crippen molar-refractivity contribution in [2.75, 3.05) is 13.1 Å². The zero-order valence-electron chi connectivity index (χ0n) is 9.33. The molecule has 1 aromatic rings. The lowest BCUT2D eigenvalue weighted by Crippen LogP contribution is -2.29. The Morgan fingerprint density at radius 3 is 2.73 bits per heavy atom. The number of nitrogens with one attached hydrogen (secondary N) is 1. The Kier molecular flexibility index (Phi) is 3.47. The molecule has 0 spiro atoms. The average molecular weight is 211 g/mol. The van der Waals surface area contributed by atoms with Gasteiger partial charge in [-0.2, -0.15) is 0 Å². The third kappa shape index (κ3) is 3.06. The Balaban J connectivity index is 2.72. The molecule has 15 heavy (non-hydrogen) atoms. The quantitative estimate of drug-likeness (QED) is 0.769. The molecule has 0 radical (unpaired) electrons. The minimum absolute atomic E-state index is 0.139. The van der Waals surface area contributed by atoms with E-state index in [0.717, 1.165) is 0 Å². The van der Waals surface area contributed by atoms with Crippen LogP contribution in [0.25, 0.3) is 0 Å². The van der Waals surface area contributed by atoms with Crippen LogP contribution in [0.3, 0.4) is 0 Å². The van der Waals surface area contributed by atoms with E-state index in [9.17, 15) is 4.79 Å². The number of amides is 1. The molecule has 0 aliphatic heterocycles. The third-order valence-corrected chi connectivity index (χ3v) is 1.91. The molecule has 0 aromatic carbocycles. The zero-order chi connectivity index (χ0) is 11.5. The molecular weight excluding hydrogens is 194 g/mol. The van der Waals surface area contributed by atoms with E-state index in [4.69, 9.17) is 10.3 Å². The lowest BCUT2D eigenvalue weighted by molar-refractivity contribution is 0.0945. The minimum atomic E-state index is -0.250. The summed E-state index contributed by atoms with van der Waals surface area (Å²) in [5, 5.41) is 6.33. The van der Waals surface area contributed by atoms with Crippen LogP contribution in [0, 0.1) is 0 Å². The van der Waals surface area contributed by atoms with Gasteiger partial charge in [0.05, 0.1) is 0 Å². The number of rotatable bonds is 3. The zero-order valence-corrected chi connectivity index (χ0v) is 9.33. The molecule has 0 aliphatic rings. The highest BCUT2D eigenvalue weighted by molar-refractivity contribution is 5.92. The summed E-state index contributed by atoms with van der Waals surface area (Å²) in [6.07, 6.45) is 0. The van der Waals surface area contributed by atoms with Gasteiger partial charge in [-0.25, -0.2) is 0 Å². The molecule has 1 rings (SSSR count). The highest BCUT2D eigenvalue weighted by atomic mass is 16.5. The van der Waals surface area contributed by atoms with Gasteiger partial charge in [0.2, 0.25) is 0 Å². The molecule has 1 aromatic heterocycles. The largest absolute Gasteiger partial charge is 0.360 e. The highest BCUT2D eigenvalue weighted by Gasteiger charge is 2.21. The van der Waals surface area contributed by atoms with Crippen molar-refractivity contribution in [2.24, 2.45) is 5.73 Å². The summed E-state index contributed by atoms with van der Waals surface area (Å²) in [6, 6.07) is 1.66. The molecule has 0 bridgehead atoms. The van der Waals surface area contributed by atoms with Gasteiger partial charge in [-0.05, 0) is 0 Å². The molecule has 0 fully saturated rings. The number of hydrogen-bond donors (Lipinski definition) is 2. The molecule has 0 saturated heterocycles. The monoisotopic (exact) mass is 211 g/mol. The Hall–Kier alpha value is -1.36. The molecule has 3 N–H and O–H groups in total. The summed E-state index contributed by atoms with van der Waals surface area (Å²) in [7, 11) is 0. The second-order valence-corrected chi connectivity index (χ2v) is 4.37. The van der Waals surface area contributed by atoms with Crippen molar-refractivity contribution in [1.29, 1.82) is 0 Å². The van der Waals surface area contributed by atoms with Gasteiger partial charge in [0, 0.05) is 24.6 Å². The van der Waals surface area contributed by atoms with Gasteiger partial charge in [-0.15, -0.1) is 0 Å². The van der Waals surface area contributed by atoms with Gasteiger partial charge >= 0.3 is 0 Å². The first-order chi connectivity index (χ1) is 6.95. The third-order valence-electron chi connectivity index (χ3n) is 1.91. The first kappa shape index (κ1) is 11.7. The Morgan fingerprint density at radius 2 is 2.27 bits per heavy atom. The summed E-state index contributed by atoms with van der Waals surface area (Å²) >= 11 is 0. The standard InChI is InChI=1S/C10H17N3O2/c1-10(2,3)8-6-7(13-15-8)9(14)12-5-4-11/h6H,4-5,11H2,1-3H3,(H,12,14). The van der Waals surface area contributed by atoms with Gasteiger partial charge in [-0.1, -0.05) is 25.9 Å². The molecule has 1 amide bonds. The molecule has 5 heteroatoms. The van der Waals surface area contributed by atoms with E-state index in [2.05, 4.69) is 10.5 Å². The fraction of sp³-hybridized carbons (Fsp3) is 0.600. The van der Waals surface area contributed by atoms with Gasteiger partial charge in [0.25, 0.3) is 5.91 Å². The van der Waals surface area contributed by atoms with Crippen molar-refractivity contribution < 1.29 is 9.32 Å². The lowest BCUT2D eigenvalue weighted by atomic mass is 9.93. The van der Waals surface area contributed by atoms with Gasteiger partial charge in [-0.3, -0.25) is 4.79 Å². The summed E-state index contributed by atoms with van der Waals surface area (Å²) in [5.74, 6) is 0.445. The van der Waals surface area contributed by atoms with Crippen molar-refractivity contribution in [1.82, 2.24) is 10.5 Å². The number of hydrogen-bond acceptors (Lipinski definition) is 4. The van der Waals surface area contributed by atoms with Gasteiger partial charge < -0.3 is 15.6 Å². The maximum atomic E-state index is 11.5. The van der Waals surface area contributed by atoms with Crippen LogP contribution in [0.1, 0.15) is 37.0 Å². The number of carbonyl (C=O) groups is 1. The van der Waals surface area contributed by atoms with Crippen molar-refractivity contribution in [3.8, 4) is 0 Å². The minimum Gasteiger partial charge on any atom is -0.360 e. The van der Waals surface area contributed by atoms with Crippen molar-refractivity contribution in [3.63, 3.8) is 0 Å². The maximum absolute atomic E-state index is 11.5. The van der Waals surface area contributed by atoms with Gasteiger partial charge in [0.15, 0.2) is 5.69 Å². The summed E-state index contributed by atoms with van der Waals surface area (Å²) in [6.45, 7) is 6.84. The molecule has 0 atom stereocenters. The Labute approximate surface area is 89.0 Å². The number of carbonyl (C=O) groups excluding carboxylic acids is 1. The number of nitrogens with zero attached hydrogens (tertiary/aromatic N) is 1. The SMILES string of the molecule is CC(C)(C)c1cc(C(=O)NCCN)no1. The smallest absolute Gasteiger partial charge is 0.273 e. The first-order valence-electron chi connectivity index (χ1n) is 4.90. The summed E-state index contributed by atoms with van der Waals surface area (Å²) < 4.78 is 5.09. The molecule has 84 valence electrons. The van der Waals surface area contributed by atoms with Crippen molar-refractivity contribution in [3.05, 3.63) is 17.5 Å².